The van der Waals surface area contributed by atoms with E-state index in [9.17, 15) is 0 Å². The van der Waals surface area contributed by atoms with E-state index in [4.69, 9.17) is 24.9 Å². The summed E-state index contributed by atoms with van der Waals surface area (Å²) in [7, 11) is 0. The topological polar surface area (TPSA) is 100 Å². The fourth-order valence-corrected chi connectivity index (χ4v) is 7.84. The molecule has 0 aliphatic heterocycles. The molecule has 0 aliphatic rings. The van der Waals surface area contributed by atoms with Crippen LogP contribution in [-0.4, -0.2) is 44.0 Å². The molecule has 9 heteroatoms. The van der Waals surface area contributed by atoms with Crippen LogP contribution in [0.3, 0.4) is 0 Å². The van der Waals surface area contributed by atoms with Gasteiger partial charge in [0.25, 0.3) is 0 Å². The van der Waals surface area contributed by atoms with Crippen molar-refractivity contribution in [1.82, 2.24) is 44.0 Å². The molecule has 0 amide bonds. The Morgan fingerprint density at radius 3 is 1.22 bits per heavy atom. The number of rotatable bonds is 8. The van der Waals surface area contributed by atoms with Crippen molar-refractivity contribution in [2.75, 3.05) is 0 Å². The summed E-state index contributed by atoms with van der Waals surface area (Å²) in [4.78, 5) is 35.2. The van der Waals surface area contributed by atoms with Crippen molar-refractivity contribution in [2.24, 2.45) is 0 Å². The lowest BCUT2D eigenvalue weighted by Crippen LogP contribution is -2.04. The monoisotopic (exact) mass is 771 g/mol. The molecule has 0 N–H and O–H groups in total. The number of hydrogen-bond acceptors (Lipinski definition) is 7. The van der Waals surface area contributed by atoms with Gasteiger partial charge in [0.05, 0.1) is 45.8 Å². The predicted molar refractivity (Wildman–Crippen MR) is 237 cm³/mol. The second-order valence-electron chi connectivity index (χ2n) is 14.3. The molecule has 0 saturated carbocycles. The molecule has 60 heavy (non-hydrogen) atoms. The first-order valence-electron chi connectivity index (χ1n) is 19.6. The quantitative estimate of drug-likeness (QED) is 0.152. The molecule has 0 saturated heterocycles. The van der Waals surface area contributed by atoms with Gasteiger partial charge in [-0.15, -0.1) is 0 Å². The number of benzene rings is 6. The summed E-state index contributed by atoms with van der Waals surface area (Å²) < 4.78 is 4.29. The minimum Gasteiger partial charge on any atom is -0.291 e. The maximum absolute atomic E-state index is 5.33. The molecule has 0 bridgehead atoms. The van der Waals surface area contributed by atoms with E-state index in [1.807, 2.05) is 116 Å². The Bertz CT molecular complexity index is 3130. The van der Waals surface area contributed by atoms with E-state index in [0.717, 1.165) is 84.0 Å². The molecular formula is C51H33N9. The van der Waals surface area contributed by atoms with Crippen LogP contribution in [-0.2, 0) is 0 Å². The van der Waals surface area contributed by atoms with Gasteiger partial charge in [-0.25, -0.2) is 24.9 Å². The number of imidazole rings is 2. The van der Waals surface area contributed by atoms with Gasteiger partial charge < -0.3 is 0 Å². The van der Waals surface area contributed by atoms with Crippen molar-refractivity contribution < 1.29 is 0 Å². The van der Waals surface area contributed by atoms with Crippen LogP contribution in [0.25, 0.3) is 102 Å². The van der Waals surface area contributed by atoms with E-state index >= 15 is 0 Å². The lowest BCUT2D eigenvalue weighted by atomic mass is 10.0. The van der Waals surface area contributed by atoms with Gasteiger partial charge in [0.1, 0.15) is 11.6 Å². The van der Waals surface area contributed by atoms with E-state index in [2.05, 4.69) is 91.9 Å². The SMILES string of the molecule is c1ccc(-c2ccc(-c3nc(-c4ccccc4-c4nc5ccccc5n4-c4cccnc4)nc(-c4ccccc4-c4nc5ccccc5n4-c4cccnc4)n3)cc2)cc1. The zero-order valence-electron chi connectivity index (χ0n) is 32.1. The van der Waals surface area contributed by atoms with E-state index in [1.54, 1.807) is 12.4 Å². The minimum atomic E-state index is 0.512. The molecular weight excluding hydrogens is 739 g/mol. The molecule has 0 aliphatic carbocycles. The molecule has 11 rings (SSSR count). The number of hydrogen-bond donors (Lipinski definition) is 0. The van der Waals surface area contributed by atoms with Crippen molar-refractivity contribution in [3.63, 3.8) is 0 Å². The Morgan fingerprint density at radius 1 is 0.300 bits per heavy atom. The third-order valence-electron chi connectivity index (χ3n) is 10.6. The van der Waals surface area contributed by atoms with Gasteiger partial charge in [-0.1, -0.05) is 127 Å². The fourth-order valence-electron chi connectivity index (χ4n) is 7.84. The summed E-state index contributed by atoms with van der Waals surface area (Å²) in [5.41, 5.74) is 11.9. The molecule has 9 nitrogen and oxygen atoms in total. The summed E-state index contributed by atoms with van der Waals surface area (Å²) in [6.07, 6.45) is 7.27. The minimum absolute atomic E-state index is 0.512. The Hall–Kier alpha value is -8.43. The molecule has 6 aromatic carbocycles. The second kappa shape index (κ2) is 14.8. The average Bonchev–Trinajstić information content (AvgIpc) is 3.92. The zero-order valence-corrected chi connectivity index (χ0v) is 32.1. The number of fused-ring (bicyclic) bond motifs is 2. The fraction of sp³-hybridized carbons (Fsp3) is 0. The van der Waals surface area contributed by atoms with E-state index in [1.165, 1.54) is 0 Å². The Labute approximate surface area is 345 Å². The lowest BCUT2D eigenvalue weighted by molar-refractivity contribution is 1.06. The molecule has 5 aromatic heterocycles. The van der Waals surface area contributed by atoms with Gasteiger partial charge in [0.2, 0.25) is 0 Å². The molecule has 0 atom stereocenters. The first-order chi connectivity index (χ1) is 29.8. The van der Waals surface area contributed by atoms with Crippen molar-refractivity contribution in [2.45, 2.75) is 0 Å². The molecule has 0 spiro atoms. The standard InChI is InChI=1S/C51H33N9/c1-2-14-34(15-3-1)35-26-28-36(29-27-35)47-56-48(39-18-4-6-20-41(39)50-54-43-22-8-10-24-45(43)59(50)37-16-12-30-52-32-37)58-49(57-47)40-19-5-7-21-42(40)51-55-44-23-9-11-25-46(44)60(51)38-17-13-31-53-33-38/h1-33H. The maximum Gasteiger partial charge on any atom is 0.164 e. The summed E-state index contributed by atoms with van der Waals surface area (Å²) in [5.74, 6) is 3.07. The van der Waals surface area contributed by atoms with Crippen LogP contribution in [0.2, 0.25) is 0 Å². The van der Waals surface area contributed by atoms with Gasteiger partial charge in [-0.2, -0.15) is 0 Å². The highest BCUT2D eigenvalue weighted by atomic mass is 15.1. The van der Waals surface area contributed by atoms with Gasteiger partial charge in [0.15, 0.2) is 17.5 Å². The van der Waals surface area contributed by atoms with Crippen molar-refractivity contribution >= 4 is 22.1 Å². The normalized spacial score (nSPS) is 11.3. The van der Waals surface area contributed by atoms with Crippen LogP contribution >= 0.6 is 0 Å². The third-order valence-corrected chi connectivity index (χ3v) is 10.6. The van der Waals surface area contributed by atoms with E-state index < -0.39 is 0 Å². The van der Waals surface area contributed by atoms with Crippen LogP contribution in [0.15, 0.2) is 201 Å². The van der Waals surface area contributed by atoms with Gasteiger partial charge >= 0.3 is 0 Å². The van der Waals surface area contributed by atoms with Crippen molar-refractivity contribution in [3.05, 3.63) is 201 Å². The largest absolute Gasteiger partial charge is 0.291 e. The molecule has 0 unspecified atom stereocenters. The summed E-state index contributed by atoms with van der Waals surface area (Å²) in [5, 5.41) is 0. The summed E-state index contributed by atoms with van der Waals surface area (Å²) in [6.45, 7) is 0. The predicted octanol–water partition coefficient (Wildman–Crippen LogP) is 11.3. The molecule has 0 radical (unpaired) electrons. The molecule has 0 fully saturated rings. The average molecular weight is 772 g/mol. The number of aromatic nitrogens is 9. The van der Waals surface area contributed by atoms with Crippen LogP contribution < -0.4 is 0 Å². The lowest BCUT2D eigenvalue weighted by Gasteiger charge is -2.15. The smallest absolute Gasteiger partial charge is 0.164 e. The van der Waals surface area contributed by atoms with Gasteiger partial charge in [-0.05, 0) is 59.7 Å². The van der Waals surface area contributed by atoms with Gasteiger partial charge in [0, 0.05) is 40.2 Å². The highest BCUT2D eigenvalue weighted by Gasteiger charge is 2.23. The highest BCUT2D eigenvalue weighted by molar-refractivity contribution is 5.90. The number of pyridine rings is 2. The molecule has 11 aromatic rings. The van der Waals surface area contributed by atoms with Crippen molar-refractivity contribution in [3.8, 4) is 79.4 Å². The van der Waals surface area contributed by atoms with Crippen LogP contribution in [0.4, 0.5) is 0 Å². The van der Waals surface area contributed by atoms with E-state index in [0.29, 0.717) is 17.5 Å². The summed E-state index contributed by atoms with van der Waals surface area (Å²) >= 11 is 0. The first kappa shape index (κ1) is 34.8. The Kier molecular flexibility index (Phi) is 8.59. The van der Waals surface area contributed by atoms with E-state index in [-0.39, 0.29) is 0 Å². The maximum atomic E-state index is 5.33. The highest BCUT2D eigenvalue weighted by Crippen LogP contribution is 2.38. The van der Waals surface area contributed by atoms with Gasteiger partial charge in [-0.3, -0.25) is 19.1 Å². The third kappa shape index (κ3) is 6.18. The zero-order chi connectivity index (χ0) is 39.8. The number of para-hydroxylation sites is 4. The number of nitrogens with zero attached hydrogens (tertiary/aromatic N) is 9. The van der Waals surface area contributed by atoms with Crippen molar-refractivity contribution in [1.29, 1.82) is 0 Å². The summed E-state index contributed by atoms with van der Waals surface area (Å²) in [6, 6.07) is 59.3. The Balaban J connectivity index is 1.14. The molecule has 5 heterocycles. The van der Waals surface area contributed by atoms with Crippen LogP contribution in [0, 0.1) is 0 Å². The second-order valence-corrected chi connectivity index (χ2v) is 14.3. The molecule has 282 valence electrons. The Morgan fingerprint density at radius 2 is 0.717 bits per heavy atom. The van der Waals surface area contributed by atoms with Crippen LogP contribution in [0.5, 0.6) is 0 Å². The van der Waals surface area contributed by atoms with Crippen LogP contribution in [0.1, 0.15) is 0 Å². The first-order valence-corrected chi connectivity index (χ1v) is 19.6.